The molecule has 0 saturated heterocycles. The van der Waals surface area contributed by atoms with Crippen LogP contribution in [0.1, 0.15) is 28.7 Å². The van der Waals surface area contributed by atoms with Crippen molar-refractivity contribution in [3.05, 3.63) is 107 Å². The van der Waals surface area contributed by atoms with Crippen molar-refractivity contribution in [2.45, 2.75) is 25.5 Å². The lowest BCUT2D eigenvalue weighted by molar-refractivity contribution is 0.0595. The molecule has 1 atom stereocenters. The first-order valence-corrected chi connectivity index (χ1v) is 10.7. The number of benzene rings is 3. The van der Waals surface area contributed by atoms with Gasteiger partial charge in [0.1, 0.15) is 5.60 Å². The summed E-state index contributed by atoms with van der Waals surface area (Å²) < 4.78 is 0. The zero-order chi connectivity index (χ0) is 21.4. The average Bonchev–Trinajstić information content (AvgIpc) is 2.78. The number of aryl methyl sites for hydroxylation is 1. The molecule has 1 unspecified atom stereocenters. The van der Waals surface area contributed by atoms with Crippen LogP contribution in [0.15, 0.2) is 84.9 Å². The molecule has 30 heavy (non-hydrogen) atoms. The molecule has 0 radical (unpaired) electrons. The summed E-state index contributed by atoms with van der Waals surface area (Å²) in [6, 6.07) is 28.9. The van der Waals surface area contributed by atoms with Gasteiger partial charge in [-0.15, -0.1) is 0 Å². The van der Waals surface area contributed by atoms with Crippen molar-refractivity contribution < 1.29 is 5.11 Å². The number of rotatable bonds is 10. The average molecular weight is 403 g/mol. The van der Waals surface area contributed by atoms with Gasteiger partial charge in [0.25, 0.3) is 0 Å². The van der Waals surface area contributed by atoms with Crippen molar-refractivity contribution in [2.24, 2.45) is 0 Å². The van der Waals surface area contributed by atoms with Crippen LogP contribution in [0.2, 0.25) is 0 Å². The molecular weight excluding hydrogens is 368 g/mol. The predicted molar refractivity (Wildman–Crippen MR) is 126 cm³/mol. The summed E-state index contributed by atoms with van der Waals surface area (Å²) in [5, 5.41) is 11.7. The Labute approximate surface area is 181 Å². The van der Waals surface area contributed by atoms with Crippen molar-refractivity contribution in [3.8, 4) is 0 Å². The summed E-state index contributed by atoms with van der Waals surface area (Å²) in [6.45, 7) is 5.79. The second-order valence-corrected chi connectivity index (χ2v) is 8.37. The van der Waals surface area contributed by atoms with Crippen molar-refractivity contribution >= 4 is 0 Å². The normalized spacial score (nSPS) is 13.5. The Balaban J connectivity index is 1.60. The molecule has 3 rings (SSSR count). The van der Waals surface area contributed by atoms with Gasteiger partial charge in [-0.1, -0.05) is 90.5 Å². The van der Waals surface area contributed by atoms with Gasteiger partial charge >= 0.3 is 0 Å². The highest BCUT2D eigenvalue weighted by atomic mass is 16.3. The van der Waals surface area contributed by atoms with Gasteiger partial charge in [-0.3, -0.25) is 0 Å². The second-order valence-electron chi connectivity index (χ2n) is 8.37. The number of nitrogens with zero attached hydrogens (tertiary/aromatic N) is 2. The molecule has 0 aliphatic heterocycles. The fraction of sp³-hybridized carbons (Fsp3) is 0.333. The molecule has 158 valence electrons. The molecule has 0 heterocycles. The molecule has 1 N–H and O–H groups in total. The van der Waals surface area contributed by atoms with Crippen LogP contribution >= 0.6 is 0 Å². The maximum atomic E-state index is 11.7. The Kier molecular flexibility index (Phi) is 7.81. The minimum atomic E-state index is -0.987. The van der Waals surface area contributed by atoms with Crippen LogP contribution in [-0.2, 0) is 12.1 Å². The van der Waals surface area contributed by atoms with E-state index in [1.807, 2.05) is 30.3 Å². The van der Waals surface area contributed by atoms with Gasteiger partial charge < -0.3 is 14.9 Å². The van der Waals surface area contributed by atoms with Crippen LogP contribution in [0.25, 0.3) is 0 Å². The molecule has 0 fully saturated rings. The van der Waals surface area contributed by atoms with E-state index in [0.29, 0.717) is 6.42 Å². The van der Waals surface area contributed by atoms with Crippen LogP contribution in [0.4, 0.5) is 0 Å². The van der Waals surface area contributed by atoms with Crippen LogP contribution in [0.5, 0.6) is 0 Å². The lowest BCUT2D eigenvalue weighted by Gasteiger charge is -2.32. The van der Waals surface area contributed by atoms with Gasteiger partial charge in [-0.05, 0) is 44.1 Å². The van der Waals surface area contributed by atoms with Crippen LogP contribution in [-0.4, -0.2) is 48.6 Å². The molecule has 0 bridgehead atoms. The summed E-state index contributed by atoms with van der Waals surface area (Å²) in [6.07, 6.45) is 0.652. The topological polar surface area (TPSA) is 26.7 Å². The number of aliphatic hydroxyl groups is 1. The lowest BCUT2D eigenvalue weighted by Crippen LogP contribution is -2.36. The number of hydrogen-bond donors (Lipinski definition) is 1. The standard InChI is InChI=1S/C27H34N2O/c1-23-14-16-26(17-15-23)27(30,25-12-8-5-9-13-25)18-19-28(2)20-21-29(3)22-24-10-6-4-7-11-24/h4-17,30H,18-22H2,1-3H3. The molecule has 3 nitrogen and oxygen atoms in total. The highest BCUT2D eigenvalue weighted by molar-refractivity contribution is 5.37. The van der Waals surface area contributed by atoms with Gasteiger partial charge in [0.05, 0.1) is 0 Å². The zero-order valence-corrected chi connectivity index (χ0v) is 18.5. The van der Waals surface area contributed by atoms with Crippen LogP contribution in [0, 0.1) is 6.92 Å². The van der Waals surface area contributed by atoms with E-state index in [0.717, 1.165) is 37.3 Å². The smallest absolute Gasteiger partial charge is 0.116 e. The Bertz CT molecular complexity index is 880. The van der Waals surface area contributed by atoms with Gasteiger partial charge in [-0.25, -0.2) is 0 Å². The van der Waals surface area contributed by atoms with Crippen molar-refractivity contribution in [1.29, 1.82) is 0 Å². The van der Waals surface area contributed by atoms with E-state index in [1.54, 1.807) is 0 Å². The van der Waals surface area contributed by atoms with E-state index in [1.165, 1.54) is 11.1 Å². The third kappa shape index (κ3) is 6.02. The minimum absolute atomic E-state index is 0.652. The maximum Gasteiger partial charge on any atom is 0.116 e. The van der Waals surface area contributed by atoms with E-state index in [4.69, 9.17) is 0 Å². The summed E-state index contributed by atoms with van der Waals surface area (Å²) in [7, 11) is 4.30. The third-order valence-corrected chi connectivity index (χ3v) is 5.79. The lowest BCUT2D eigenvalue weighted by atomic mass is 9.83. The fourth-order valence-electron chi connectivity index (χ4n) is 3.78. The molecule has 0 aliphatic rings. The van der Waals surface area contributed by atoms with Crippen molar-refractivity contribution in [2.75, 3.05) is 33.7 Å². The quantitative estimate of drug-likeness (QED) is 0.533. The molecule has 3 aromatic carbocycles. The molecule has 3 heteroatoms. The molecular formula is C27H34N2O. The second kappa shape index (κ2) is 10.5. The van der Waals surface area contributed by atoms with Gasteiger partial charge in [-0.2, -0.15) is 0 Å². The van der Waals surface area contributed by atoms with Crippen LogP contribution < -0.4 is 0 Å². The Morgan fingerprint density at radius 2 is 1.20 bits per heavy atom. The summed E-state index contributed by atoms with van der Waals surface area (Å²) >= 11 is 0. The molecule has 0 aliphatic carbocycles. The van der Waals surface area contributed by atoms with E-state index in [-0.39, 0.29) is 0 Å². The number of likely N-dealkylation sites (N-methyl/N-ethyl adjacent to an activating group) is 2. The molecule has 3 aromatic rings. The maximum absolute atomic E-state index is 11.7. The molecule has 0 amide bonds. The van der Waals surface area contributed by atoms with Gasteiger partial charge in [0.15, 0.2) is 0 Å². The minimum Gasteiger partial charge on any atom is -0.380 e. The Morgan fingerprint density at radius 3 is 1.83 bits per heavy atom. The fourth-order valence-corrected chi connectivity index (χ4v) is 3.78. The molecule has 0 saturated carbocycles. The molecule has 0 aromatic heterocycles. The third-order valence-electron chi connectivity index (χ3n) is 5.79. The van der Waals surface area contributed by atoms with Crippen LogP contribution in [0.3, 0.4) is 0 Å². The first-order chi connectivity index (χ1) is 14.5. The Morgan fingerprint density at radius 1 is 0.667 bits per heavy atom. The Hall–Kier alpha value is -2.46. The van der Waals surface area contributed by atoms with E-state index >= 15 is 0 Å². The predicted octanol–water partition coefficient (Wildman–Crippen LogP) is 4.68. The number of hydrogen-bond acceptors (Lipinski definition) is 3. The first kappa shape index (κ1) is 22.2. The van der Waals surface area contributed by atoms with E-state index < -0.39 is 5.60 Å². The van der Waals surface area contributed by atoms with Gasteiger partial charge in [0.2, 0.25) is 0 Å². The monoisotopic (exact) mass is 402 g/mol. The summed E-state index contributed by atoms with van der Waals surface area (Å²) in [5.74, 6) is 0. The van der Waals surface area contributed by atoms with Crippen molar-refractivity contribution in [1.82, 2.24) is 9.80 Å². The zero-order valence-electron chi connectivity index (χ0n) is 18.5. The highest BCUT2D eigenvalue weighted by Crippen LogP contribution is 2.33. The van der Waals surface area contributed by atoms with E-state index in [9.17, 15) is 5.11 Å². The first-order valence-electron chi connectivity index (χ1n) is 10.7. The van der Waals surface area contributed by atoms with Gasteiger partial charge in [0, 0.05) is 26.2 Å². The van der Waals surface area contributed by atoms with Crippen molar-refractivity contribution in [3.63, 3.8) is 0 Å². The highest BCUT2D eigenvalue weighted by Gasteiger charge is 2.31. The van der Waals surface area contributed by atoms with E-state index in [2.05, 4.69) is 85.4 Å². The SMILES string of the molecule is Cc1ccc(C(O)(CCN(C)CCN(C)Cc2ccccc2)c2ccccc2)cc1. The summed E-state index contributed by atoms with van der Waals surface area (Å²) in [4.78, 5) is 4.65. The summed E-state index contributed by atoms with van der Waals surface area (Å²) in [5.41, 5.74) is 3.45. The largest absolute Gasteiger partial charge is 0.380 e. The molecule has 0 spiro atoms.